The van der Waals surface area contributed by atoms with Gasteiger partial charge in [-0.3, -0.25) is 4.79 Å². The van der Waals surface area contributed by atoms with Crippen molar-refractivity contribution >= 4 is 11.5 Å². The summed E-state index contributed by atoms with van der Waals surface area (Å²) >= 11 is 0. The lowest BCUT2D eigenvalue weighted by Crippen LogP contribution is -2.26. The van der Waals surface area contributed by atoms with Gasteiger partial charge in [0, 0.05) is 35.4 Å². The molecule has 5 heteroatoms. The molecule has 0 spiro atoms. The van der Waals surface area contributed by atoms with E-state index in [-0.39, 0.29) is 24.3 Å². The van der Waals surface area contributed by atoms with Crippen LogP contribution in [-0.2, 0) is 4.79 Å². The molecule has 0 unspecified atom stereocenters. The zero-order valence-corrected chi connectivity index (χ0v) is 13.5. The van der Waals surface area contributed by atoms with Crippen LogP contribution in [0.15, 0.2) is 47.7 Å². The van der Waals surface area contributed by atoms with Gasteiger partial charge in [-0.1, -0.05) is 12.1 Å². The number of nitrogens with one attached hydrogen (secondary N) is 1. The SMILES string of the molecule is O=C1CCCC2=C1[C@@H](c1ccc(F)cc1)c1cc3c(cc1N2)OCO3. The number of rotatable bonds is 1. The first kappa shape index (κ1) is 14.5. The third kappa shape index (κ3) is 2.22. The van der Waals surface area contributed by atoms with Crippen LogP contribution in [0.2, 0.25) is 0 Å². The van der Waals surface area contributed by atoms with E-state index in [1.165, 1.54) is 12.1 Å². The quantitative estimate of drug-likeness (QED) is 0.850. The van der Waals surface area contributed by atoms with E-state index in [0.29, 0.717) is 17.9 Å². The highest BCUT2D eigenvalue weighted by Crippen LogP contribution is 2.49. The second-order valence-corrected chi connectivity index (χ2v) is 6.57. The lowest BCUT2D eigenvalue weighted by atomic mass is 9.75. The first-order valence-corrected chi connectivity index (χ1v) is 8.43. The molecule has 2 aromatic carbocycles. The third-order valence-corrected chi connectivity index (χ3v) is 5.09. The van der Waals surface area contributed by atoms with Gasteiger partial charge in [-0.05, 0) is 42.2 Å². The maximum atomic E-state index is 13.4. The van der Waals surface area contributed by atoms with Crippen molar-refractivity contribution in [1.82, 2.24) is 0 Å². The summed E-state index contributed by atoms with van der Waals surface area (Å²) < 4.78 is 24.4. The number of hydrogen-bond donors (Lipinski definition) is 1. The number of carbonyl (C=O) groups is 1. The minimum absolute atomic E-state index is 0.159. The summed E-state index contributed by atoms with van der Waals surface area (Å²) in [6, 6.07) is 10.3. The van der Waals surface area contributed by atoms with Crippen molar-refractivity contribution in [2.75, 3.05) is 12.1 Å². The summed E-state index contributed by atoms with van der Waals surface area (Å²) in [6.07, 6.45) is 2.24. The number of carbonyl (C=O) groups excluding carboxylic acids is 1. The molecule has 0 saturated heterocycles. The average Bonchev–Trinajstić information content (AvgIpc) is 3.06. The zero-order chi connectivity index (χ0) is 17.0. The molecule has 2 aromatic rings. The molecule has 0 fully saturated rings. The molecule has 5 rings (SSSR count). The largest absolute Gasteiger partial charge is 0.454 e. The lowest BCUT2D eigenvalue weighted by molar-refractivity contribution is -0.116. The Labute approximate surface area is 144 Å². The van der Waals surface area contributed by atoms with Gasteiger partial charge in [0.05, 0.1) is 0 Å². The fourth-order valence-corrected chi connectivity index (χ4v) is 3.95. The van der Waals surface area contributed by atoms with Crippen LogP contribution >= 0.6 is 0 Å². The van der Waals surface area contributed by atoms with Gasteiger partial charge >= 0.3 is 0 Å². The molecule has 25 heavy (non-hydrogen) atoms. The maximum Gasteiger partial charge on any atom is 0.231 e. The minimum atomic E-state index is -0.284. The van der Waals surface area contributed by atoms with Gasteiger partial charge in [0.15, 0.2) is 17.3 Å². The number of halogens is 1. The van der Waals surface area contributed by atoms with Gasteiger partial charge in [-0.25, -0.2) is 4.39 Å². The van der Waals surface area contributed by atoms with E-state index >= 15 is 0 Å². The van der Waals surface area contributed by atoms with E-state index in [2.05, 4.69) is 5.32 Å². The molecule has 2 aliphatic heterocycles. The number of ketones is 1. The fraction of sp³-hybridized carbons (Fsp3) is 0.250. The van der Waals surface area contributed by atoms with Crippen molar-refractivity contribution in [2.45, 2.75) is 25.2 Å². The Morgan fingerprint density at radius 2 is 1.80 bits per heavy atom. The van der Waals surface area contributed by atoms with Gasteiger partial charge < -0.3 is 14.8 Å². The number of benzene rings is 2. The van der Waals surface area contributed by atoms with Gasteiger partial charge in [0.25, 0.3) is 0 Å². The normalized spacial score (nSPS) is 20.8. The van der Waals surface area contributed by atoms with E-state index in [4.69, 9.17) is 9.47 Å². The number of fused-ring (bicyclic) bond motifs is 2. The van der Waals surface area contributed by atoms with Crippen molar-refractivity contribution < 1.29 is 18.7 Å². The highest BCUT2D eigenvalue weighted by atomic mass is 19.1. The van der Waals surface area contributed by atoms with Gasteiger partial charge in [0.1, 0.15) is 5.82 Å². The predicted octanol–water partition coefficient (Wildman–Crippen LogP) is 4.12. The number of allylic oxidation sites excluding steroid dienone is 2. The summed E-state index contributed by atoms with van der Waals surface area (Å²) in [6.45, 7) is 0.200. The Morgan fingerprint density at radius 1 is 1.04 bits per heavy atom. The third-order valence-electron chi connectivity index (χ3n) is 5.09. The molecule has 1 N–H and O–H groups in total. The van der Waals surface area contributed by atoms with E-state index in [1.807, 2.05) is 12.1 Å². The topological polar surface area (TPSA) is 47.6 Å². The van der Waals surface area contributed by atoms with Crippen molar-refractivity contribution in [3.63, 3.8) is 0 Å². The standard InChI is InChI=1S/C20H16FNO3/c21-12-6-4-11(5-7-12)19-13-8-17-18(25-10-24-17)9-15(13)22-14-2-1-3-16(23)20(14)19/h4-9,19,22H,1-3,10H2/t19-/m0/s1. The molecule has 3 aliphatic rings. The molecule has 126 valence electrons. The summed E-state index contributed by atoms with van der Waals surface area (Å²) in [4.78, 5) is 12.7. The van der Waals surface area contributed by atoms with Crippen LogP contribution in [0.5, 0.6) is 11.5 Å². The predicted molar refractivity (Wildman–Crippen MR) is 90.3 cm³/mol. The number of ether oxygens (including phenoxy) is 2. The van der Waals surface area contributed by atoms with Crippen LogP contribution < -0.4 is 14.8 Å². The molecule has 1 aliphatic carbocycles. The van der Waals surface area contributed by atoms with Crippen molar-refractivity contribution in [2.24, 2.45) is 0 Å². The minimum Gasteiger partial charge on any atom is -0.454 e. The van der Waals surface area contributed by atoms with Crippen LogP contribution in [0.3, 0.4) is 0 Å². The molecule has 0 amide bonds. The molecule has 0 aromatic heterocycles. The first-order chi connectivity index (χ1) is 12.2. The molecular weight excluding hydrogens is 321 g/mol. The molecule has 0 radical (unpaired) electrons. The maximum absolute atomic E-state index is 13.4. The van der Waals surface area contributed by atoms with Crippen molar-refractivity contribution in [1.29, 1.82) is 0 Å². The smallest absolute Gasteiger partial charge is 0.231 e. The number of anilines is 1. The second kappa shape index (κ2) is 5.34. The van der Waals surface area contributed by atoms with Crippen LogP contribution in [0, 0.1) is 5.82 Å². The molecule has 4 nitrogen and oxygen atoms in total. The summed E-state index contributed by atoms with van der Waals surface area (Å²) in [7, 11) is 0. The van der Waals surface area contributed by atoms with E-state index < -0.39 is 0 Å². The van der Waals surface area contributed by atoms with Crippen LogP contribution in [-0.4, -0.2) is 12.6 Å². The Bertz CT molecular complexity index is 917. The molecule has 2 heterocycles. The van der Waals surface area contributed by atoms with E-state index in [9.17, 15) is 9.18 Å². The van der Waals surface area contributed by atoms with Crippen LogP contribution in [0.1, 0.15) is 36.3 Å². The molecule has 1 atom stereocenters. The monoisotopic (exact) mass is 337 g/mol. The van der Waals surface area contributed by atoms with Crippen LogP contribution in [0.4, 0.5) is 10.1 Å². The summed E-state index contributed by atoms with van der Waals surface area (Å²) in [5.74, 6) is 1.04. The highest BCUT2D eigenvalue weighted by Gasteiger charge is 2.36. The Kier molecular flexibility index (Phi) is 3.10. The van der Waals surface area contributed by atoms with E-state index in [0.717, 1.165) is 40.9 Å². The van der Waals surface area contributed by atoms with E-state index in [1.54, 1.807) is 12.1 Å². The van der Waals surface area contributed by atoms with Gasteiger partial charge in [0.2, 0.25) is 6.79 Å². The first-order valence-electron chi connectivity index (χ1n) is 8.43. The Morgan fingerprint density at radius 3 is 2.60 bits per heavy atom. The number of Topliss-reactive ketones (excluding diaryl/α,β-unsaturated/α-hetero) is 1. The summed E-state index contributed by atoms with van der Waals surface area (Å²) in [5, 5.41) is 3.42. The van der Waals surface area contributed by atoms with Crippen LogP contribution in [0.25, 0.3) is 0 Å². The van der Waals surface area contributed by atoms with Gasteiger partial charge in [-0.15, -0.1) is 0 Å². The van der Waals surface area contributed by atoms with Crippen molar-refractivity contribution in [3.05, 3.63) is 64.6 Å². The van der Waals surface area contributed by atoms with Crippen molar-refractivity contribution in [3.8, 4) is 11.5 Å². The fourth-order valence-electron chi connectivity index (χ4n) is 3.95. The summed E-state index contributed by atoms with van der Waals surface area (Å²) in [5.41, 5.74) is 4.56. The molecule has 0 bridgehead atoms. The average molecular weight is 337 g/mol. The second-order valence-electron chi connectivity index (χ2n) is 6.57. The highest BCUT2D eigenvalue weighted by molar-refractivity contribution is 6.01. The molecule has 0 saturated carbocycles. The zero-order valence-electron chi connectivity index (χ0n) is 13.5. The van der Waals surface area contributed by atoms with Gasteiger partial charge in [-0.2, -0.15) is 0 Å². The lowest BCUT2D eigenvalue weighted by Gasteiger charge is -2.34. The Balaban J connectivity index is 1.73. The Hall–Kier alpha value is -2.82. The number of hydrogen-bond acceptors (Lipinski definition) is 4. The molecular formula is C20H16FNO3.